The number of halogens is 2. The second-order valence-corrected chi connectivity index (χ2v) is 24.7. The topological polar surface area (TPSA) is 283 Å². The number of sulfonamides is 2. The van der Waals surface area contributed by atoms with E-state index in [2.05, 4.69) is 30.6 Å². The van der Waals surface area contributed by atoms with Gasteiger partial charge in [-0.2, -0.15) is 0 Å². The van der Waals surface area contributed by atoms with E-state index in [1.165, 1.54) is 66.9 Å². The van der Waals surface area contributed by atoms with Gasteiger partial charge in [0.25, 0.3) is 11.8 Å². The van der Waals surface area contributed by atoms with Crippen molar-refractivity contribution in [3.8, 4) is 91.5 Å². The summed E-state index contributed by atoms with van der Waals surface area (Å²) in [6, 6.07) is 29.2. The summed E-state index contributed by atoms with van der Waals surface area (Å²) in [4.78, 5) is 53.9. The molecule has 12 aromatic rings. The van der Waals surface area contributed by atoms with E-state index >= 15 is 0 Å². The Bertz CT molecular complexity index is 4980. The average molecular weight is 1260 g/mol. The van der Waals surface area contributed by atoms with Crippen LogP contribution >= 0.6 is 0 Å². The van der Waals surface area contributed by atoms with Crippen LogP contribution in [-0.2, 0) is 33.5 Å². The number of benzene rings is 4. The van der Waals surface area contributed by atoms with E-state index in [9.17, 15) is 35.2 Å². The molecule has 28 heteroatoms. The molecule has 10 heterocycles. The van der Waals surface area contributed by atoms with Crippen molar-refractivity contribution < 1.29 is 63.0 Å². The third-order valence-electron chi connectivity index (χ3n) is 15.4. The van der Waals surface area contributed by atoms with Crippen molar-refractivity contribution in [1.82, 2.24) is 49.7 Å². The Morgan fingerprint density at radius 3 is 1.53 bits per heavy atom. The summed E-state index contributed by atoms with van der Waals surface area (Å²) >= 11 is 0. The molecule has 0 saturated carbocycles. The molecular formula is C62H50F2N12O12S2. The zero-order chi connectivity index (χ0) is 63.2. The van der Waals surface area contributed by atoms with Crippen LogP contribution in [0.4, 0.5) is 20.2 Å². The minimum atomic E-state index is -3.75. The number of nitrogens with one attached hydrogen (secondary N) is 2. The van der Waals surface area contributed by atoms with Crippen LogP contribution in [0.2, 0.25) is 0 Å². The number of hydrogen-bond acceptors (Lipinski definition) is 18. The van der Waals surface area contributed by atoms with Crippen molar-refractivity contribution in [3.63, 3.8) is 0 Å². The summed E-state index contributed by atoms with van der Waals surface area (Å²) in [5.41, 5.74) is 6.23. The molecule has 0 atom stereocenters. The Morgan fingerprint density at radius 1 is 0.589 bits per heavy atom. The maximum atomic E-state index is 14.8. The molecule has 90 heavy (non-hydrogen) atoms. The van der Waals surface area contributed by atoms with Gasteiger partial charge < -0.3 is 38.4 Å². The van der Waals surface area contributed by atoms with Crippen LogP contribution in [0.3, 0.4) is 0 Å². The van der Waals surface area contributed by atoms with Crippen molar-refractivity contribution in [2.24, 2.45) is 0 Å². The molecule has 0 radical (unpaired) electrons. The number of aromatic nitrogens is 8. The summed E-state index contributed by atoms with van der Waals surface area (Å²) in [6.07, 6.45) is 5.21. The predicted molar refractivity (Wildman–Crippen MR) is 330 cm³/mol. The summed E-state index contributed by atoms with van der Waals surface area (Å²) in [7, 11) is 1.33. The largest absolute Gasteiger partial charge is 0.481 e. The minimum Gasteiger partial charge on any atom is -0.481 e. The van der Waals surface area contributed by atoms with Gasteiger partial charge in [-0.25, -0.2) is 55.5 Å². The lowest BCUT2D eigenvalue weighted by atomic mass is 10.0. The first-order chi connectivity index (χ1) is 43.2. The van der Waals surface area contributed by atoms with Crippen LogP contribution in [0, 0.1) is 11.6 Å². The number of ether oxygens (including phenoxy) is 4. The Balaban J connectivity index is 0.000000165. The van der Waals surface area contributed by atoms with Gasteiger partial charge in [-0.15, -0.1) is 0 Å². The minimum absolute atomic E-state index is 0.0440. The van der Waals surface area contributed by atoms with Crippen molar-refractivity contribution in [2.75, 3.05) is 63.5 Å². The van der Waals surface area contributed by atoms with Crippen LogP contribution < -0.4 is 38.2 Å². The zero-order valence-corrected chi connectivity index (χ0v) is 50.5. The first kappa shape index (κ1) is 58.0. The molecule has 0 aliphatic carbocycles. The van der Waals surface area contributed by atoms with Crippen LogP contribution in [0.25, 0.3) is 112 Å². The molecule has 2 amide bonds. The predicted octanol–water partition coefficient (Wildman–Crippen LogP) is 9.65. The first-order valence-corrected chi connectivity index (χ1v) is 31.0. The number of fused-ring (bicyclic) bond motifs is 12. The second kappa shape index (κ2) is 22.0. The zero-order valence-electron chi connectivity index (χ0n) is 48.9. The van der Waals surface area contributed by atoms with E-state index in [1.54, 1.807) is 106 Å². The number of furan rings is 2. The highest BCUT2D eigenvalue weighted by Gasteiger charge is 2.32. The van der Waals surface area contributed by atoms with Crippen molar-refractivity contribution in [3.05, 3.63) is 144 Å². The molecule has 2 N–H and O–H groups in total. The monoisotopic (exact) mass is 1260 g/mol. The van der Waals surface area contributed by atoms with Crippen LogP contribution in [0.5, 0.6) is 23.3 Å². The molecule has 0 spiro atoms. The molecule has 0 bridgehead atoms. The summed E-state index contributed by atoms with van der Waals surface area (Å²) in [5.74, 6) is 1.18. The number of methoxy groups -OCH3 is 2. The van der Waals surface area contributed by atoms with Gasteiger partial charge in [0.15, 0.2) is 42.4 Å². The lowest BCUT2D eigenvalue weighted by Gasteiger charge is -2.22. The highest BCUT2D eigenvalue weighted by molar-refractivity contribution is 7.92. The smallest absolute Gasteiger partial charge is 0.255 e. The number of carbonyl (C=O) groups is 2. The average Bonchev–Trinajstić information content (AvgIpc) is 1.56. The van der Waals surface area contributed by atoms with E-state index in [0.29, 0.717) is 107 Å². The standard InChI is InChI=1S/2C31H25FN6O6S/c1-33-31(39)26-18-12-17(20-9-10-23-27(35-20)30-36-21-7-5-6-19(32)28(21)38(30)15-43-23)22(37(2)45(4,40)41)13-24(18)44-29(26)16-8-11-25(42-3)34-14-16;1-33-31(39)26-18-12-17(20-9-10-23-28(35-20)30-36-27-19(32)6-5-7-21(27)38(30)15-43-23)22(37(2)45(4,40)41)13-24(18)44-29(26)16-8-11-25(42-3)34-14-16/h2*5-14H,15H2,1-4H3,(H,33,39). The highest BCUT2D eigenvalue weighted by Crippen LogP contribution is 2.46. The quantitative estimate of drug-likeness (QED) is 0.115. The van der Waals surface area contributed by atoms with E-state index in [0.717, 1.165) is 21.1 Å². The number of hydrogen-bond donors (Lipinski definition) is 2. The van der Waals surface area contributed by atoms with Gasteiger partial charge in [-0.1, -0.05) is 12.1 Å². The molecule has 2 aliphatic rings. The van der Waals surface area contributed by atoms with Crippen molar-refractivity contribution in [1.29, 1.82) is 0 Å². The molecular weight excluding hydrogens is 1210 g/mol. The molecule has 0 unspecified atom stereocenters. The third kappa shape index (κ3) is 9.80. The van der Waals surface area contributed by atoms with Crippen LogP contribution in [0.15, 0.2) is 130 Å². The normalized spacial score (nSPS) is 12.5. The molecule has 4 aromatic carbocycles. The van der Waals surface area contributed by atoms with Gasteiger partial charge in [0.05, 0.1) is 71.7 Å². The maximum absolute atomic E-state index is 14.8. The Labute approximate surface area is 510 Å². The van der Waals surface area contributed by atoms with Gasteiger partial charge in [0.2, 0.25) is 31.8 Å². The summed E-state index contributed by atoms with van der Waals surface area (Å²) in [5, 5.41) is 6.16. The first-order valence-electron chi connectivity index (χ1n) is 27.3. The number of amides is 2. The number of pyridine rings is 4. The molecule has 24 nitrogen and oxygen atoms in total. The van der Waals surface area contributed by atoms with E-state index in [-0.39, 0.29) is 64.2 Å². The van der Waals surface area contributed by atoms with E-state index < -0.39 is 43.5 Å². The molecule has 0 saturated heterocycles. The van der Waals surface area contributed by atoms with Gasteiger partial charge in [0.1, 0.15) is 50.9 Å². The molecule has 14 rings (SSSR count). The number of imidazole rings is 2. The number of anilines is 2. The van der Waals surface area contributed by atoms with Crippen LogP contribution in [-0.4, -0.2) is 123 Å². The number of rotatable bonds is 12. The van der Waals surface area contributed by atoms with Crippen molar-refractivity contribution in [2.45, 2.75) is 13.5 Å². The fourth-order valence-corrected chi connectivity index (χ4v) is 11.8. The van der Waals surface area contributed by atoms with Gasteiger partial charge in [-0.05, 0) is 72.8 Å². The lowest BCUT2D eigenvalue weighted by molar-refractivity contribution is 0.0956. The molecule has 8 aromatic heterocycles. The van der Waals surface area contributed by atoms with E-state index in [1.807, 2.05) is 0 Å². The fourth-order valence-electron chi connectivity index (χ4n) is 10.8. The Hall–Kier alpha value is -11.0. The SMILES string of the molecule is CNC(=O)c1c(-c2ccc(OC)nc2)oc2cc(N(C)S(C)(=O)=O)c(-c3ccc4c(n3)-c3nc5c(F)cccc5n3CO4)cc12.CNC(=O)c1c(-c2ccc(OC)nc2)oc2cc(N(C)S(C)(=O)=O)c(-c3ccc4c(n3)-c3nc5cccc(F)c5n3CO4)cc12. The van der Waals surface area contributed by atoms with Gasteiger partial charge in [0, 0.05) is 97.9 Å². The van der Waals surface area contributed by atoms with Gasteiger partial charge >= 0.3 is 0 Å². The van der Waals surface area contributed by atoms with E-state index in [4.69, 9.17) is 37.7 Å². The number of nitrogens with zero attached hydrogens (tertiary/aromatic N) is 10. The maximum Gasteiger partial charge on any atom is 0.255 e. The molecule has 2 aliphatic heterocycles. The Kier molecular flexibility index (Phi) is 14.2. The summed E-state index contributed by atoms with van der Waals surface area (Å²) < 4.78 is 121. The Morgan fingerprint density at radius 2 is 1.07 bits per heavy atom. The van der Waals surface area contributed by atoms with Crippen molar-refractivity contribution >= 4 is 87.2 Å². The number of carbonyl (C=O) groups excluding carboxylic acids is 2. The van der Waals surface area contributed by atoms with Crippen LogP contribution in [0.1, 0.15) is 20.7 Å². The fraction of sp³-hybridized carbons (Fsp3) is 0.161. The van der Waals surface area contributed by atoms with Gasteiger partial charge in [-0.3, -0.25) is 27.3 Å². The lowest BCUT2D eigenvalue weighted by Crippen LogP contribution is -2.25. The summed E-state index contributed by atoms with van der Waals surface area (Å²) in [6.45, 7) is 0.160. The second-order valence-electron chi connectivity index (χ2n) is 20.7. The highest BCUT2D eigenvalue weighted by atomic mass is 32.2. The number of para-hydroxylation sites is 2. The molecule has 0 fully saturated rings. The third-order valence-corrected chi connectivity index (χ3v) is 17.8. The molecule has 456 valence electrons.